The molecule has 4 N–H and O–H groups in total. The van der Waals surface area contributed by atoms with Crippen molar-refractivity contribution in [1.29, 1.82) is 0 Å². The first-order valence-electron chi connectivity index (χ1n) is 24.5. The molecule has 0 aromatic rings. The van der Waals surface area contributed by atoms with Gasteiger partial charge in [0.05, 0.1) is 42.6 Å². The van der Waals surface area contributed by atoms with Crippen LogP contribution in [0.15, 0.2) is 12.2 Å². The lowest BCUT2D eigenvalue weighted by molar-refractivity contribution is -0.248. The van der Waals surface area contributed by atoms with Crippen LogP contribution in [0.1, 0.15) is 133 Å². The molecule has 0 aromatic carbocycles. The molecule has 13 heteroatoms. The quantitative estimate of drug-likeness (QED) is 0.0704. The van der Waals surface area contributed by atoms with Crippen molar-refractivity contribution < 1.29 is 47.5 Å². The Labute approximate surface area is 380 Å². The second kappa shape index (κ2) is 17.7. The maximum atomic E-state index is 13.7. The first-order chi connectivity index (χ1) is 29.4. The summed E-state index contributed by atoms with van der Waals surface area (Å²) in [6.45, 7) is 27.5. The predicted molar refractivity (Wildman–Crippen MR) is 246 cm³/mol. The number of esters is 2. The van der Waals surface area contributed by atoms with Gasteiger partial charge in [-0.05, 0) is 136 Å². The van der Waals surface area contributed by atoms with Crippen LogP contribution in [0.3, 0.4) is 0 Å². The minimum Gasteiger partial charge on any atom is -0.481 e. The van der Waals surface area contributed by atoms with E-state index in [0.29, 0.717) is 80.4 Å². The Morgan fingerprint density at radius 2 is 1.54 bits per heavy atom. The average molecular weight is 905 g/mol. The van der Waals surface area contributed by atoms with Crippen molar-refractivity contribution in [3.05, 3.63) is 12.2 Å². The molecule has 1 heterocycles. The van der Waals surface area contributed by atoms with Crippen molar-refractivity contribution >= 4 is 28.5 Å². The van der Waals surface area contributed by atoms with Crippen LogP contribution in [-0.2, 0) is 33.3 Å². The van der Waals surface area contributed by atoms with Gasteiger partial charge in [-0.15, -0.1) is 0 Å². The number of carboxylic acid groups (broad SMARTS) is 1. The number of nitrogens with zero attached hydrogens (tertiary/aromatic N) is 1. The molecule has 0 aromatic heterocycles. The number of ether oxygens (including phenoxy) is 4. The third-order valence-corrected chi connectivity index (χ3v) is 21.8. The van der Waals surface area contributed by atoms with Gasteiger partial charge < -0.3 is 29.4 Å². The van der Waals surface area contributed by atoms with Crippen molar-refractivity contribution in [2.24, 2.45) is 68.5 Å². The number of fused-ring (bicyclic) bond motifs is 7. The Bertz CT molecular complexity index is 1730. The SMILES string of the molecule is C=C(C)[C@@H]1CC[C@]2(NC[C@H]([C@@H](C)OC(=O)COCCOC)N3CCS(O)(O)CC3)CC[C@]3(C)[C@H](CC[C@@H]4[C@@]5(C)CC[C@H](OC(=O)[C@H]6C[C@@H](C(=O)O)C6(C)C)C(C)(C)[C@@H]5CC[C@]43C)[C@@H]12. The predicted octanol–water partition coefficient (Wildman–Crippen LogP) is 8.67. The molecule has 6 aliphatic carbocycles. The van der Waals surface area contributed by atoms with Crippen LogP contribution in [0, 0.1) is 68.5 Å². The highest BCUT2D eigenvalue weighted by atomic mass is 32.3. The number of carbonyl (C=O) groups is 3. The molecular formula is C50H84N2O10S. The summed E-state index contributed by atoms with van der Waals surface area (Å²) in [6, 6.07) is -0.140. The van der Waals surface area contributed by atoms with E-state index in [-0.39, 0.29) is 57.8 Å². The number of aliphatic carboxylic acids is 1. The van der Waals surface area contributed by atoms with Crippen molar-refractivity contribution in [3.8, 4) is 0 Å². The van der Waals surface area contributed by atoms with Crippen LogP contribution in [0.4, 0.5) is 0 Å². The summed E-state index contributed by atoms with van der Waals surface area (Å²) in [5.74, 6) is 0.662. The number of allylic oxidation sites excluding steroid dienone is 1. The summed E-state index contributed by atoms with van der Waals surface area (Å²) < 4.78 is 44.1. The molecule has 1 saturated heterocycles. The van der Waals surface area contributed by atoms with Gasteiger partial charge >= 0.3 is 17.9 Å². The highest BCUT2D eigenvalue weighted by molar-refractivity contribution is 8.24. The fraction of sp³-hybridized carbons (Fsp3) is 0.900. The van der Waals surface area contributed by atoms with Gasteiger partial charge in [0, 0.05) is 37.7 Å². The van der Waals surface area contributed by atoms with Crippen LogP contribution in [0.5, 0.6) is 0 Å². The number of hydrogen-bond donors (Lipinski definition) is 4. The van der Waals surface area contributed by atoms with E-state index in [4.69, 9.17) is 18.9 Å². The van der Waals surface area contributed by atoms with E-state index in [1.54, 1.807) is 7.11 Å². The largest absolute Gasteiger partial charge is 0.481 e. The van der Waals surface area contributed by atoms with Crippen LogP contribution < -0.4 is 5.32 Å². The summed E-state index contributed by atoms with van der Waals surface area (Å²) in [6.07, 6.45) is 10.7. The number of methoxy groups -OCH3 is 1. The maximum absolute atomic E-state index is 13.7. The Morgan fingerprint density at radius 3 is 2.17 bits per heavy atom. The molecule has 12 nitrogen and oxygen atoms in total. The van der Waals surface area contributed by atoms with Crippen LogP contribution in [0.25, 0.3) is 0 Å². The van der Waals surface area contributed by atoms with Gasteiger partial charge in [-0.3, -0.25) is 23.6 Å². The van der Waals surface area contributed by atoms with Crippen LogP contribution in [-0.4, -0.2) is 119 Å². The van der Waals surface area contributed by atoms with Crippen molar-refractivity contribution in [3.63, 3.8) is 0 Å². The Hall–Kier alpha value is -1.74. The number of nitrogens with one attached hydrogen (secondary N) is 1. The maximum Gasteiger partial charge on any atom is 0.332 e. The summed E-state index contributed by atoms with van der Waals surface area (Å²) >= 11 is 0. The van der Waals surface area contributed by atoms with Gasteiger partial charge in [-0.25, -0.2) is 4.79 Å². The van der Waals surface area contributed by atoms with Gasteiger partial charge in [-0.2, -0.15) is 10.6 Å². The zero-order valence-electron chi connectivity index (χ0n) is 40.5. The van der Waals surface area contributed by atoms with Gasteiger partial charge in [-0.1, -0.05) is 60.6 Å². The third-order valence-electron chi connectivity index (χ3n) is 20.2. The van der Waals surface area contributed by atoms with E-state index >= 15 is 0 Å². The van der Waals surface area contributed by atoms with Crippen LogP contribution >= 0.6 is 10.6 Å². The standard InChI is InChI=1S/C50H84N2O10S/c1-31(2)33-14-19-50(51-29-37(52-22-26-63(57,58)27-23-52)32(3)61-41(53)30-60-25-24-59-11)21-20-48(9)34(42(33)50)12-13-39-47(8)17-16-40(46(6,7)38(47)15-18-49(39,48)10)62-44(56)36-28-35(43(54)55)45(36,4)5/h32-40,42,51,57-58H,1,12-30H2,2-11H3,(H,54,55)/t32-,33+,34-,35+,36-,37-,38+,39-,40+,42-,47+,48-,49-,50+/m1/s1. The second-order valence-corrected chi connectivity index (χ2v) is 26.0. The molecular weight excluding hydrogens is 821 g/mol. The molecule has 7 fully saturated rings. The number of carbonyl (C=O) groups excluding carboxylic acids is 2. The summed E-state index contributed by atoms with van der Waals surface area (Å²) in [5.41, 5.74) is 0.784. The molecule has 0 amide bonds. The Balaban J connectivity index is 1.09. The van der Waals surface area contributed by atoms with Gasteiger partial charge in [0.15, 0.2) is 0 Å². The molecule has 63 heavy (non-hydrogen) atoms. The molecule has 7 aliphatic rings. The van der Waals surface area contributed by atoms with E-state index in [1.165, 1.54) is 18.4 Å². The number of rotatable bonds is 15. The number of hydrogen-bond acceptors (Lipinski definition) is 11. The van der Waals surface area contributed by atoms with Crippen molar-refractivity contribution in [2.45, 2.75) is 157 Å². The second-order valence-electron chi connectivity index (χ2n) is 23.6. The minimum absolute atomic E-state index is 0.0779. The van der Waals surface area contributed by atoms with Gasteiger partial charge in [0.2, 0.25) is 0 Å². The Morgan fingerprint density at radius 1 is 0.841 bits per heavy atom. The zero-order chi connectivity index (χ0) is 46.1. The van der Waals surface area contributed by atoms with E-state index < -0.39 is 40.0 Å². The Kier molecular flexibility index (Phi) is 13.8. The average Bonchev–Trinajstić information content (AvgIpc) is 3.58. The van der Waals surface area contributed by atoms with Gasteiger partial charge in [0.25, 0.3) is 0 Å². The number of carboxylic acids is 1. The zero-order valence-corrected chi connectivity index (χ0v) is 41.3. The molecule has 0 unspecified atom stereocenters. The highest BCUT2D eigenvalue weighted by Gasteiger charge is 2.71. The van der Waals surface area contributed by atoms with Crippen molar-refractivity contribution in [1.82, 2.24) is 10.2 Å². The molecule has 0 bridgehead atoms. The van der Waals surface area contributed by atoms with E-state index in [2.05, 4.69) is 58.3 Å². The molecule has 1 aliphatic heterocycles. The molecule has 14 atom stereocenters. The smallest absolute Gasteiger partial charge is 0.332 e. The van der Waals surface area contributed by atoms with E-state index in [1.807, 2.05) is 20.8 Å². The van der Waals surface area contributed by atoms with Crippen LogP contribution in [0.2, 0.25) is 0 Å². The fourth-order valence-corrected chi connectivity index (χ4v) is 17.5. The van der Waals surface area contributed by atoms with Gasteiger partial charge in [0.1, 0.15) is 18.8 Å². The molecule has 0 radical (unpaired) electrons. The molecule has 360 valence electrons. The lowest BCUT2D eigenvalue weighted by Crippen LogP contribution is -2.69. The topological polar surface area (TPSA) is 164 Å². The fourth-order valence-electron chi connectivity index (χ4n) is 16.2. The first-order valence-corrected chi connectivity index (χ1v) is 26.3. The summed E-state index contributed by atoms with van der Waals surface area (Å²) in [5, 5.41) is 14.0. The van der Waals surface area contributed by atoms with E-state index in [0.717, 1.165) is 51.4 Å². The summed E-state index contributed by atoms with van der Waals surface area (Å²) in [7, 11) is -1.01. The lowest BCUT2D eigenvalue weighted by Gasteiger charge is -2.73. The molecule has 7 rings (SSSR count). The first kappa shape index (κ1) is 49.2. The molecule has 0 spiro atoms. The highest BCUT2D eigenvalue weighted by Crippen LogP contribution is 2.76. The molecule has 6 saturated carbocycles. The van der Waals surface area contributed by atoms with E-state index in [9.17, 15) is 28.6 Å². The lowest BCUT2D eigenvalue weighted by atomic mass is 9.32. The van der Waals surface area contributed by atoms with Crippen molar-refractivity contribution in [2.75, 3.05) is 58.1 Å². The monoisotopic (exact) mass is 905 g/mol. The summed E-state index contributed by atoms with van der Waals surface area (Å²) in [4.78, 5) is 40.8. The third kappa shape index (κ3) is 8.48. The normalized spacial score (nSPS) is 42.7. The minimum atomic E-state index is -2.60.